The molecule has 2 heterocycles. The van der Waals surface area contributed by atoms with Crippen molar-refractivity contribution in [3.8, 4) is 0 Å². The summed E-state index contributed by atoms with van der Waals surface area (Å²) in [7, 11) is -3.71. The fourth-order valence-electron chi connectivity index (χ4n) is 4.24. The highest BCUT2D eigenvalue weighted by Crippen LogP contribution is 2.25. The van der Waals surface area contributed by atoms with Crippen molar-refractivity contribution < 1.29 is 17.6 Å². The Hall–Kier alpha value is -2.88. The predicted molar refractivity (Wildman–Crippen MR) is 129 cm³/mol. The number of fused-ring (bicyclic) bond motifs is 1. The fourth-order valence-corrected chi connectivity index (χ4v) is 5.83. The van der Waals surface area contributed by atoms with E-state index in [-0.39, 0.29) is 23.2 Å². The van der Waals surface area contributed by atoms with Gasteiger partial charge in [0.25, 0.3) is 0 Å². The van der Waals surface area contributed by atoms with E-state index < -0.39 is 10.0 Å². The smallest absolute Gasteiger partial charge is 0.245 e. The molecule has 7 nitrogen and oxygen atoms in total. The number of benzene rings is 2. The number of rotatable bonds is 7. The Morgan fingerprint density at radius 1 is 1.09 bits per heavy atom. The van der Waals surface area contributed by atoms with Crippen molar-refractivity contribution in [1.82, 2.24) is 19.1 Å². The van der Waals surface area contributed by atoms with Gasteiger partial charge in [0.05, 0.1) is 12.1 Å². The number of carbonyl (C=O) groups excluding carboxylic acids is 1. The number of hydrogen-bond acceptors (Lipinski definition) is 5. The predicted octanol–water partition coefficient (Wildman–Crippen LogP) is 3.04. The van der Waals surface area contributed by atoms with Crippen molar-refractivity contribution >= 4 is 26.8 Å². The molecule has 1 saturated heterocycles. The van der Waals surface area contributed by atoms with Gasteiger partial charge in [-0.25, -0.2) is 12.8 Å². The van der Waals surface area contributed by atoms with E-state index in [0.29, 0.717) is 44.8 Å². The molecular formula is C25H29FN4O3S. The first-order valence-electron chi connectivity index (χ1n) is 11.4. The number of hydrogen-bond donors (Lipinski definition) is 0. The van der Waals surface area contributed by atoms with Crippen LogP contribution in [0.1, 0.15) is 18.1 Å². The molecule has 34 heavy (non-hydrogen) atoms. The van der Waals surface area contributed by atoms with Crippen LogP contribution in [-0.4, -0.2) is 72.7 Å². The zero-order valence-electron chi connectivity index (χ0n) is 19.4. The summed E-state index contributed by atoms with van der Waals surface area (Å²) < 4.78 is 41.7. The highest BCUT2D eigenvalue weighted by atomic mass is 32.2. The Kier molecular flexibility index (Phi) is 7.25. The number of aromatic nitrogens is 1. The molecule has 1 aromatic heterocycles. The van der Waals surface area contributed by atoms with Crippen LogP contribution in [0, 0.1) is 12.7 Å². The molecule has 1 fully saturated rings. The van der Waals surface area contributed by atoms with Crippen LogP contribution in [-0.2, 0) is 21.4 Å². The van der Waals surface area contributed by atoms with Crippen molar-refractivity contribution in [3.05, 3.63) is 71.7 Å². The number of likely N-dealkylation sites (N-methyl/N-ethyl adjacent to an activating group) is 1. The van der Waals surface area contributed by atoms with Gasteiger partial charge in [0.1, 0.15) is 10.7 Å². The minimum atomic E-state index is -3.71. The monoisotopic (exact) mass is 484 g/mol. The third kappa shape index (κ3) is 5.27. The Bertz CT molecular complexity index is 1290. The molecule has 9 heteroatoms. The van der Waals surface area contributed by atoms with Crippen molar-refractivity contribution in [2.24, 2.45) is 0 Å². The summed E-state index contributed by atoms with van der Waals surface area (Å²) in [6, 6.07) is 13.4. The van der Waals surface area contributed by atoms with Gasteiger partial charge < -0.3 is 4.90 Å². The van der Waals surface area contributed by atoms with Crippen LogP contribution in [0.3, 0.4) is 0 Å². The molecule has 0 saturated carbocycles. The summed E-state index contributed by atoms with van der Waals surface area (Å²) in [6.45, 7) is 6.38. The van der Waals surface area contributed by atoms with Gasteiger partial charge in [-0.3, -0.25) is 14.7 Å². The number of carbonyl (C=O) groups is 1. The Morgan fingerprint density at radius 2 is 1.82 bits per heavy atom. The maximum Gasteiger partial charge on any atom is 0.245 e. The lowest BCUT2D eigenvalue weighted by Gasteiger charge is -2.34. The van der Waals surface area contributed by atoms with Crippen LogP contribution in [0.4, 0.5) is 4.39 Å². The van der Waals surface area contributed by atoms with Crippen LogP contribution >= 0.6 is 0 Å². The molecule has 1 amide bonds. The van der Waals surface area contributed by atoms with Gasteiger partial charge in [0.15, 0.2) is 0 Å². The Labute approximate surface area is 199 Å². The number of aryl methyl sites for hydroxylation is 1. The molecule has 180 valence electrons. The van der Waals surface area contributed by atoms with E-state index in [1.54, 1.807) is 35.4 Å². The molecule has 1 aliphatic heterocycles. The summed E-state index contributed by atoms with van der Waals surface area (Å²) >= 11 is 0. The maximum atomic E-state index is 13.5. The molecule has 1 aliphatic rings. The molecule has 3 aromatic rings. The number of piperazine rings is 1. The van der Waals surface area contributed by atoms with Crippen LogP contribution in [0.15, 0.2) is 59.6 Å². The van der Waals surface area contributed by atoms with Gasteiger partial charge in [-0.2, -0.15) is 4.31 Å². The van der Waals surface area contributed by atoms with Gasteiger partial charge in [-0.1, -0.05) is 24.3 Å². The fraction of sp³-hybridized carbons (Fsp3) is 0.360. The maximum absolute atomic E-state index is 13.5. The highest BCUT2D eigenvalue weighted by molar-refractivity contribution is 7.89. The summed E-state index contributed by atoms with van der Waals surface area (Å²) in [4.78, 5) is 21.1. The van der Waals surface area contributed by atoms with E-state index >= 15 is 0 Å². The first kappa shape index (κ1) is 24.3. The van der Waals surface area contributed by atoms with Crippen molar-refractivity contribution in [2.75, 3.05) is 39.3 Å². The third-order valence-corrected chi connectivity index (χ3v) is 8.05. The van der Waals surface area contributed by atoms with E-state index in [4.69, 9.17) is 0 Å². The summed E-state index contributed by atoms with van der Waals surface area (Å²) in [6.07, 6.45) is 1.67. The van der Waals surface area contributed by atoms with E-state index in [1.165, 1.54) is 16.4 Å². The van der Waals surface area contributed by atoms with Gasteiger partial charge in [0, 0.05) is 50.9 Å². The number of sulfonamides is 1. The second-order valence-corrected chi connectivity index (χ2v) is 10.5. The number of para-hydroxylation sites is 1. The minimum Gasteiger partial charge on any atom is -0.338 e. The lowest BCUT2D eigenvalue weighted by Crippen LogP contribution is -2.51. The van der Waals surface area contributed by atoms with Gasteiger partial charge in [0.2, 0.25) is 15.9 Å². The van der Waals surface area contributed by atoms with E-state index in [2.05, 4.69) is 4.98 Å². The Balaban J connectivity index is 1.39. The lowest BCUT2D eigenvalue weighted by molar-refractivity contribution is -0.133. The first-order valence-corrected chi connectivity index (χ1v) is 12.8. The zero-order chi connectivity index (χ0) is 24.3. The number of pyridine rings is 1. The normalized spacial score (nSPS) is 15.5. The lowest BCUT2D eigenvalue weighted by atomic mass is 10.2. The number of amides is 1. The topological polar surface area (TPSA) is 73.8 Å². The minimum absolute atomic E-state index is 0.0586. The second kappa shape index (κ2) is 10.2. The highest BCUT2D eigenvalue weighted by Gasteiger charge is 2.31. The largest absolute Gasteiger partial charge is 0.338 e. The van der Waals surface area contributed by atoms with Crippen molar-refractivity contribution in [3.63, 3.8) is 0 Å². The Morgan fingerprint density at radius 3 is 2.53 bits per heavy atom. The zero-order valence-corrected chi connectivity index (χ0v) is 20.3. The number of halogens is 1. The third-order valence-electron chi connectivity index (χ3n) is 6.12. The molecule has 0 aliphatic carbocycles. The van der Waals surface area contributed by atoms with Crippen molar-refractivity contribution in [1.29, 1.82) is 0 Å². The molecule has 0 spiro atoms. The van der Waals surface area contributed by atoms with Gasteiger partial charge in [-0.05, 0) is 49.2 Å². The molecule has 4 rings (SSSR count). The van der Waals surface area contributed by atoms with E-state index in [0.717, 1.165) is 16.5 Å². The molecule has 0 radical (unpaired) electrons. The average Bonchev–Trinajstić information content (AvgIpc) is 2.82. The molecule has 0 N–H and O–H groups in total. The van der Waals surface area contributed by atoms with Crippen LogP contribution in [0.25, 0.3) is 10.9 Å². The summed E-state index contributed by atoms with van der Waals surface area (Å²) in [5.41, 5.74) is 2.19. The second-order valence-electron chi connectivity index (χ2n) is 8.56. The molecule has 0 bridgehead atoms. The van der Waals surface area contributed by atoms with Crippen molar-refractivity contribution in [2.45, 2.75) is 25.3 Å². The van der Waals surface area contributed by atoms with Crippen LogP contribution in [0.5, 0.6) is 0 Å². The molecule has 2 aromatic carbocycles. The van der Waals surface area contributed by atoms with E-state index in [1.807, 2.05) is 30.9 Å². The van der Waals surface area contributed by atoms with Crippen LogP contribution < -0.4 is 0 Å². The molecular weight excluding hydrogens is 455 g/mol. The molecule has 0 atom stereocenters. The van der Waals surface area contributed by atoms with Crippen LogP contribution in [0.2, 0.25) is 0 Å². The quantitative estimate of drug-likeness (QED) is 0.516. The number of nitrogens with zero attached hydrogens (tertiary/aromatic N) is 4. The standard InChI is InChI=1S/C25H29FN4O3S/c1-3-29(17-20-6-4-8-22(26)15-20)24(31)18-28-10-12-30(13-11-28)34(32,33)23-9-5-7-21-14-19(2)16-27-25(21)23/h4-9,14-16H,3,10-13,17-18H2,1-2H3. The van der Waals surface area contributed by atoms with E-state index in [9.17, 15) is 17.6 Å². The average molecular weight is 485 g/mol. The summed E-state index contributed by atoms with van der Waals surface area (Å²) in [5, 5.41) is 0.795. The van der Waals surface area contributed by atoms with Gasteiger partial charge in [-0.15, -0.1) is 0 Å². The summed E-state index contributed by atoms with van der Waals surface area (Å²) in [5.74, 6) is -0.383. The van der Waals surface area contributed by atoms with Gasteiger partial charge >= 0.3 is 0 Å². The first-order chi connectivity index (χ1) is 16.3. The molecule has 0 unspecified atom stereocenters. The SMILES string of the molecule is CCN(Cc1cccc(F)c1)C(=O)CN1CCN(S(=O)(=O)c2cccc3cc(C)cnc23)CC1.